The van der Waals surface area contributed by atoms with Crippen LogP contribution in [-0.2, 0) is 12.8 Å². The Labute approximate surface area is 81.6 Å². The van der Waals surface area contributed by atoms with Crippen LogP contribution in [0.4, 0.5) is 0 Å². The van der Waals surface area contributed by atoms with Gasteiger partial charge in [-0.3, -0.25) is 0 Å². The molecule has 0 saturated heterocycles. The first-order valence-corrected chi connectivity index (χ1v) is 4.77. The maximum absolute atomic E-state index is 4.56. The SMILES string of the molecule is c1ncn(-c2ccc3c(n2)CCC3)n1. The van der Waals surface area contributed by atoms with Gasteiger partial charge in [0.25, 0.3) is 0 Å². The van der Waals surface area contributed by atoms with Crippen molar-refractivity contribution in [1.29, 1.82) is 0 Å². The molecular weight excluding hydrogens is 176 g/mol. The predicted octanol–water partition coefficient (Wildman–Crippen LogP) is 1.15. The molecule has 0 saturated carbocycles. The van der Waals surface area contributed by atoms with Crippen molar-refractivity contribution in [2.45, 2.75) is 19.3 Å². The summed E-state index contributed by atoms with van der Waals surface area (Å²) < 4.78 is 1.69. The van der Waals surface area contributed by atoms with E-state index in [1.807, 2.05) is 6.07 Å². The lowest BCUT2D eigenvalue weighted by Gasteiger charge is -2.02. The van der Waals surface area contributed by atoms with Gasteiger partial charge in [0.1, 0.15) is 12.7 Å². The number of aromatic nitrogens is 4. The standard InChI is InChI=1S/C10H10N4/c1-2-8-4-5-10(13-9(8)3-1)14-7-11-6-12-14/h4-7H,1-3H2. The first kappa shape index (κ1) is 7.67. The molecule has 0 N–H and O–H groups in total. The molecule has 2 aromatic rings. The zero-order valence-corrected chi connectivity index (χ0v) is 7.72. The Morgan fingerprint density at radius 2 is 2.21 bits per heavy atom. The second kappa shape index (κ2) is 2.90. The molecule has 1 aliphatic carbocycles. The fourth-order valence-electron chi connectivity index (χ4n) is 1.86. The van der Waals surface area contributed by atoms with Crippen LogP contribution in [-0.4, -0.2) is 19.7 Å². The Hall–Kier alpha value is -1.71. The average molecular weight is 186 g/mol. The Balaban J connectivity index is 2.09. The van der Waals surface area contributed by atoms with Crippen molar-refractivity contribution in [3.8, 4) is 5.82 Å². The molecule has 0 atom stereocenters. The molecule has 14 heavy (non-hydrogen) atoms. The number of hydrogen-bond donors (Lipinski definition) is 0. The van der Waals surface area contributed by atoms with E-state index in [9.17, 15) is 0 Å². The number of fused-ring (bicyclic) bond motifs is 1. The molecule has 2 aromatic heterocycles. The number of rotatable bonds is 1. The summed E-state index contributed by atoms with van der Waals surface area (Å²) in [6.07, 6.45) is 6.68. The molecule has 4 nitrogen and oxygen atoms in total. The molecule has 4 heteroatoms. The van der Waals surface area contributed by atoms with Crippen LogP contribution >= 0.6 is 0 Å². The van der Waals surface area contributed by atoms with E-state index < -0.39 is 0 Å². The smallest absolute Gasteiger partial charge is 0.155 e. The van der Waals surface area contributed by atoms with E-state index in [0.717, 1.165) is 12.2 Å². The lowest BCUT2D eigenvalue weighted by molar-refractivity contribution is 0.829. The first-order chi connectivity index (χ1) is 6.93. The van der Waals surface area contributed by atoms with Gasteiger partial charge >= 0.3 is 0 Å². The molecule has 0 amide bonds. The van der Waals surface area contributed by atoms with Crippen LogP contribution in [0, 0.1) is 0 Å². The van der Waals surface area contributed by atoms with Gasteiger partial charge < -0.3 is 0 Å². The van der Waals surface area contributed by atoms with E-state index >= 15 is 0 Å². The van der Waals surface area contributed by atoms with Crippen molar-refractivity contribution >= 4 is 0 Å². The molecule has 70 valence electrons. The summed E-state index contributed by atoms with van der Waals surface area (Å²) in [6.45, 7) is 0. The summed E-state index contributed by atoms with van der Waals surface area (Å²) in [5, 5.41) is 4.06. The number of pyridine rings is 1. The van der Waals surface area contributed by atoms with Gasteiger partial charge in [0.05, 0.1) is 0 Å². The van der Waals surface area contributed by atoms with E-state index in [1.165, 1.54) is 30.4 Å². The molecule has 2 heterocycles. The topological polar surface area (TPSA) is 43.6 Å². The van der Waals surface area contributed by atoms with Crippen LogP contribution < -0.4 is 0 Å². The summed E-state index contributed by atoms with van der Waals surface area (Å²) >= 11 is 0. The highest BCUT2D eigenvalue weighted by atomic mass is 15.3. The molecule has 0 aromatic carbocycles. The molecule has 0 radical (unpaired) electrons. The van der Waals surface area contributed by atoms with Crippen molar-refractivity contribution in [2.75, 3.05) is 0 Å². The van der Waals surface area contributed by atoms with Gasteiger partial charge in [-0.1, -0.05) is 6.07 Å². The van der Waals surface area contributed by atoms with Crippen LogP contribution in [0.15, 0.2) is 24.8 Å². The van der Waals surface area contributed by atoms with Crippen molar-refractivity contribution < 1.29 is 0 Å². The maximum Gasteiger partial charge on any atom is 0.155 e. The third-order valence-corrected chi connectivity index (χ3v) is 2.57. The maximum atomic E-state index is 4.56. The van der Waals surface area contributed by atoms with E-state index in [4.69, 9.17) is 0 Å². The zero-order chi connectivity index (χ0) is 9.38. The van der Waals surface area contributed by atoms with Crippen molar-refractivity contribution in [3.63, 3.8) is 0 Å². The molecule has 0 spiro atoms. The van der Waals surface area contributed by atoms with Gasteiger partial charge in [-0.05, 0) is 30.9 Å². The van der Waals surface area contributed by atoms with Crippen LogP contribution in [0.5, 0.6) is 0 Å². The highest BCUT2D eigenvalue weighted by molar-refractivity contribution is 5.32. The Morgan fingerprint density at radius 1 is 1.21 bits per heavy atom. The monoisotopic (exact) mass is 186 g/mol. The highest BCUT2D eigenvalue weighted by Crippen LogP contribution is 2.20. The first-order valence-electron chi connectivity index (χ1n) is 4.77. The highest BCUT2D eigenvalue weighted by Gasteiger charge is 2.12. The van der Waals surface area contributed by atoms with Gasteiger partial charge in [-0.25, -0.2) is 14.6 Å². The minimum Gasteiger partial charge on any atom is -0.233 e. The lowest BCUT2D eigenvalue weighted by Crippen LogP contribution is -2.00. The van der Waals surface area contributed by atoms with E-state index in [2.05, 4.69) is 21.1 Å². The zero-order valence-electron chi connectivity index (χ0n) is 7.72. The number of aryl methyl sites for hydroxylation is 2. The fraction of sp³-hybridized carbons (Fsp3) is 0.300. The summed E-state index contributed by atoms with van der Waals surface area (Å²) in [5.41, 5.74) is 2.60. The van der Waals surface area contributed by atoms with E-state index in [0.29, 0.717) is 0 Å². The van der Waals surface area contributed by atoms with Crippen molar-refractivity contribution in [2.24, 2.45) is 0 Å². The summed E-state index contributed by atoms with van der Waals surface area (Å²) in [6, 6.07) is 4.14. The van der Waals surface area contributed by atoms with E-state index in [-0.39, 0.29) is 0 Å². The van der Waals surface area contributed by atoms with Gasteiger partial charge in [-0.2, -0.15) is 5.10 Å². The molecule has 0 bridgehead atoms. The molecule has 0 aliphatic heterocycles. The van der Waals surface area contributed by atoms with Crippen molar-refractivity contribution in [1.82, 2.24) is 19.7 Å². The van der Waals surface area contributed by atoms with Crippen LogP contribution in [0.3, 0.4) is 0 Å². The van der Waals surface area contributed by atoms with Crippen LogP contribution in [0.1, 0.15) is 17.7 Å². The van der Waals surface area contributed by atoms with Crippen molar-refractivity contribution in [3.05, 3.63) is 36.0 Å². The minimum absolute atomic E-state index is 0.864. The Kier molecular flexibility index (Phi) is 1.59. The molecule has 1 aliphatic rings. The average Bonchev–Trinajstić information content (AvgIpc) is 2.88. The summed E-state index contributed by atoms with van der Waals surface area (Å²) in [5.74, 6) is 0.864. The minimum atomic E-state index is 0.864. The van der Waals surface area contributed by atoms with Crippen LogP contribution in [0.2, 0.25) is 0 Å². The Bertz CT molecular complexity index is 447. The third-order valence-electron chi connectivity index (χ3n) is 2.57. The third kappa shape index (κ3) is 1.11. The van der Waals surface area contributed by atoms with Gasteiger partial charge in [-0.15, -0.1) is 0 Å². The summed E-state index contributed by atoms with van der Waals surface area (Å²) in [7, 11) is 0. The molecule has 0 unspecified atom stereocenters. The quantitative estimate of drug-likeness (QED) is 0.671. The van der Waals surface area contributed by atoms with Gasteiger partial charge in [0.2, 0.25) is 0 Å². The Morgan fingerprint density at radius 3 is 3.07 bits per heavy atom. The van der Waals surface area contributed by atoms with Gasteiger partial charge in [0, 0.05) is 5.69 Å². The second-order valence-electron chi connectivity index (χ2n) is 3.47. The molecular formula is C10H10N4. The predicted molar refractivity (Wildman–Crippen MR) is 51.2 cm³/mol. The largest absolute Gasteiger partial charge is 0.233 e. The number of nitrogens with zero attached hydrogens (tertiary/aromatic N) is 4. The molecule has 3 rings (SSSR count). The fourth-order valence-corrected chi connectivity index (χ4v) is 1.86. The van der Waals surface area contributed by atoms with Crippen LogP contribution in [0.25, 0.3) is 5.82 Å². The number of hydrogen-bond acceptors (Lipinski definition) is 3. The van der Waals surface area contributed by atoms with Gasteiger partial charge in [0.15, 0.2) is 5.82 Å². The van der Waals surface area contributed by atoms with E-state index in [1.54, 1.807) is 11.0 Å². The summed E-state index contributed by atoms with van der Waals surface area (Å²) in [4.78, 5) is 8.46. The lowest BCUT2D eigenvalue weighted by atomic mass is 10.2. The normalized spacial score (nSPS) is 14.3. The molecule has 0 fully saturated rings. The second-order valence-corrected chi connectivity index (χ2v) is 3.47.